The lowest BCUT2D eigenvalue weighted by atomic mass is 10.1. The van der Waals surface area contributed by atoms with Gasteiger partial charge in [-0.1, -0.05) is 22.0 Å². The summed E-state index contributed by atoms with van der Waals surface area (Å²) in [5.74, 6) is 0.593. The largest absolute Gasteiger partial charge is 0.376 e. The van der Waals surface area contributed by atoms with Crippen molar-refractivity contribution in [1.29, 1.82) is 0 Å². The van der Waals surface area contributed by atoms with E-state index in [1.807, 2.05) is 6.07 Å². The van der Waals surface area contributed by atoms with Gasteiger partial charge >= 0.3 is 0 Å². The van der Waals surface area contributed by atoms with E-state index in [4.69, 9.17) is 9.47 Å². The number of guanidine groups is 1. The molecular weight excluding hydrogens is 540 g/mol. The van der Waals surface area contributed by atoms with Crippen molar-refractivity contribution < 1.29 is 13.9 Å². The van der Waals surface area contributed by atoms with Gasteiger partial charge in [0.05, 0.1) is 18.8 Å². The fourth-order valence-corrected chi connectivity index (χ4v) is 3.92. The molecule has 3 rings (SSSR count). The maximum Gasteiger partial charge on any atom is 0.193 e. The number of rotatable bonds is 5. The molecule has 0 bridgehead atoms. The van der Waals surface area contributed by atoms with Crippen molar-refractivity contribution in [2.24, 2.45) is 4.99 Å². The average Bonchev–Trinajstić information content (AvgIpc) is 2.70. The summed E-state index contributed by atoms with van der Waals surface area (Å²) in [6.45, 7) is 3.77. The predicted octanol–water partition coefficient (Wildman–Crippen LogP) is 4.33. The van der Waals surface area contributed by atoms with Crippen molar-refractivity contribution in [2.75, 3.05) is 33.4 Å². The Hall–Kier alpha value is -0.450. The molecule has 2 heterocycles. The normalized spacial score (nSPS) is 21.3. The Morgan fingerprint density at radius 1 is 1.32 bits per heavy atom. The number of likely N-dealkylation sites (tertiary alicyclic amines) is 1. The highest BCUT2D eigenvalue weighted by Crippen LogP contribution is 2.18. The molecule has 2 fully saturated rings. The average molecular weight is 570 g/mol. The number of nitrogens with zero attached hydrogens (tertiary/aromatic N) is 2. The second kappa shape index (κ2) is 12.3. The second-order valence-electron chi connectivity index (χ2n) is 7.14. The lowest BCUT2D eigenvalue weighted by molar-refractivity contribution is -0.0721. The lowest BCUT2D eigenvalue weighted by Gasteiger charge is -2.35. The Morgan fingerprint density at radius 3 is 2.75 bits per heavy atom. The van der Waals surface area contributed by atoms with Crippen LogP contribution in [0.1, 0.15) is 37.7 Å². The van der Waals surface area contributed by atoms with Crippen LogP contribution in [0.5, 0.6) is 0 Å². The summed E-state index contributed by atoms with van der Waals surface area (Å²) in [4.78, 5) is 6.57. The molecule has 1 aromatic carbocycles. The third-order valence-corrected chi connectivity index (χ3v) is 5.69. The van der Waals surface area contributed by atoms with Crippen LogP contribution >= 0.6 is 39.9 Å². The summed E-state index contributed by atoms with van der Waals surface area (Å²) in [5, 5.41) is 3.27. The van der Waals surface area contributed by atoms with Crippen LogP contribution in [0.25, 0.3) is 0 Å². The number of nitrogens with one attached hydrogen (secondary N) is 1. The molecule has 0 saturated carbocycles. The van der Waals surface area contributed by atoms with E-state index in [2.05, 4.69) is 31.1 Å². The third-order valence-electron chi connectivity index (χ3n) is 5.20. The molecule has 5 nitrogen and oxygen atoms in total. The van der Waals surface area contributed by atoms with E-state index in [9.17, 15) is 4.39 Å². The Bertz CT molecular complexity index is 636. The minimum atomic E-state index is -0.218. The van der Waals surface area contributed by atoms with Gasteiger partial charge in [0, 0.05) is 43.3 Å². The van der Waals surface area contributed by atoms with Crippen LogP contribution in [0.3, 0.4) is 0 Å². The first-order chi connectivity index (χ1) is 13.2. The molecule has 1 atom stereocenters. The Morgan fingerprint density at radius 2 is 2.11 bits per heavy atom. The first kappa shape index (κ1) is 23.8. The molecule has 1 N–H and O–H groups in total. The molecule has 1 aromatic rings. The van der Waals surface area contributed by atoms with Crippen LogP contribution in [0.2, 0.25) is 0 Å². The van der Waals surface area contributed by atoms with Crippen LogP contribution in [0.15, 0.2) is 27.7 Å². The van der Waals surface area contributed by atoms with Crippen molar-refractivity contribution in [3.05, 3.63) is 34.1 Å². The van der Waals surface area contributed by atoms with Gasteiger partial charge in [-0.15, -0.1) is 24.0 Å². The molecule has 1 unspecified atom stereocenters. The van der Waals surface area contributed by atoms with Crippen LogP contribution < -0.4 is 5.32 Å². The molecule has 8 heteroatoms. The van der Waals surface area contributed by atoms with Gasteiger partial charge in [0.15, 0.2) is 5.96 Å². The molecule has 0 amide bonds. The van der Waals surface area contributed by atoms with Crippen LogP contribution in [-0.4, -0.2) is 56.4 Å². The maximum absolute atomic E-state index is 14.0. The Kier molecular flexibility index (Phi) is 10.5. The first-order valence-electron chi connectivity index (χ1n) is 9.78. The Balaban J connectivity index is 0.00000280. The van der Waals surface area contributed by atoms with Crippen molar-refractivity contribution in [2.45, 2.75) is 50.9 Å². The van der Waals surface area contributed by atoms with E-state index in [0.717, 1.165) is 49.4 Å². The standard InChI is InChI=1S/C20H29BrFN3O2.HI/c1-23-20(24-13-15-5-6-16(21)12-19(15)22)25-9-7-17(8-10-25)27-14-18-4-2-3-11-26-18;/h5-6,12,17-18H,2-4,7-11,13-14H2,1H3,(H,23,24);1H. The number of ether oxygens (including phenoxy) is 2. The molecule has 0 spiro atoms. The number of hydrogen-bond donors (Lipinski definition) is 1. The summed E-state index contributed by atoms with van der Waals surface area (Å²) in [6, 6.07) is 5.12. The summed E-state index contributed by atoms with van der Waals surface area (Å²) >= 11 is 3.28. The van der Waals surface area contributed by atoms with Crippen LogP contribution in [0.4, 0.5) is 4.39 Å². The van der Waals surface area contributed by atoms with Gasteiger partial charge in [0.2, 0.25) is 0 Å². The number of piperidine rings is 1. The van der Waals surface area contributed by atoms with Crippen molar-refractivity contribution in [3.63, 3.8) is 0 Å². The smallest absolute Gasteiger partial charge is 0.193 e. The molecule has 2 aliphatic heterocycles. The highest BCUT2D eigenvalue weighted by molar-refractivity contribution is 14.0. The van der Waals surface area contributed by atoms with E-state index in [0.29, 0.717) is 18.7 Å². The number of halogens is 3. The van der Waals surface area contributed by atoms with Crippen LogP contribution in [-0.2, 0) is 16.0 Å². The van der Waals surface area contributed by atoms with E-state index < -0.39 is 0 Å². The zero-order chi connectivity index (χ0) is 19.1. The highest BCUT2D eigenvalue weighted by atomic mass is 127. The summed E-state index contributed by atoms with van der Waals surface area (Å²) < 4.78 is 26.5. The number of aliphatic imine (C=N–C) groups is 1. The van der Waals surface area contributed by atoms with Gasteiger partial charge in [-0.2, -0.15) is 0 Å². The van der Waals surface area contributed by atoms with E-state index in [1.165, 1.54) is 18.9 Å². The molecule has 158 valence electrons. The number of benzene rings is 1. The van der Waals surface area contributed by atoms with Crippen LogP contribution in [0, 0.1) is 5.82 Å². The minimum Gasteiger partial charge on any atom is -0.376 e. The van der Waals surface area contributed by atoms with Crippen molar-refractivity contribution >= 4 is 45.9 Å². The summed E-state index contributed by atoms with van der Waals surface area (Å²) in [7, 11) is 1.77. The topological polar surface area (TPSA) is 46.1 Å². The molecule has 0 aliphatic carbocycles. The molecule has 0 radical (unpaired) electrons. The zero-order valence-corrected chi connectivity index (χ0v) is 20.2. The fourth-order valence-electron chi connectivity index (χ4n) is 3.59. The molecule has 28 heavy (non-hydrogen) atoms. The zero-order valence-electron chi connectivity index (χ0n) is 16.3. The van der Waals surface area contributed by atoms with Gasteiger partial charge in [-0.05, 0) is 44.2 Å². The molecule has 0 aromatic heterocycles. The summed E-state index contributed by atoms with van der Waals surface area (Å²) in [6.07, 6.45) is 6.03. The highest BCUT2D eigenvalue weighted by Gasteiger charge is 2.23. The van der Waals surface area contributed by atoms with Gasteiger partial charge < -0.3 is 19.7 Å². The summed E-state index contributed by atoms with van der Waals surface area (Å²) in [5.41, 5.74) is 0.630. The van der Waals surface area contributed by atoms with E-state index >= 15 is 0 Å². The monoisotopic (exact) mass is 569 g/mol. The SMILES string of the molecule is CN=C(NCc1ccc(Br)cc1F)N1CCC(OCC2CCCCO2)CC1.I. The molecule has 2 saturated heterocycles. The quantitative estimate of drug-likeness (QED) is 0.326. The second-order valence-corrected chi connectivity index (χ2v) is 8.06. The molecular formula is C20H30BrFIN3O2. The van der Waals surface area contributed by atoms with E-state index in [-0.39, 0.29) is 42.0 Å². The molecule has 2 aliphatic rings. The predicted molar refractivity (Wildman–Crippen MR) is 124 cm³/mol. The van der Waals surface area contributed by atoms with Gasteiger partial charge in [-0.25, -0.2) is 4.39 Å². The van der Waals surface area contributed by atoms with E-state index in [1.54, 1.807) is 13.1 Å². The number of hydrogen-bond acceptors (Lipinski definition) is 3. The first-order valence-corrected chi connectivity index (χ1v) is 10.6. The minimum absolute atomic E-state index is 0. The van der Waals surface area contributed by atoms with Gasteiger partial charge in [0.25, 0.3) is 0 Å². The fraction of sp³-hybridized carbons (Fsp3) is 0.650. The van der Waals surface area contributed by atoms with Gasteiger partial charge in [-0.3, -0.25) is 4.99 Å². The van der Waals surface area contributed by atoms with Gasteiger partial charge in [0.1, 0.15) is 5.82 Å². The lowest BCUT2D eigenvalue weighted by Crippen LogP contribution is -2.47. The Labute approximate surface area is 192 Å². The third kappa shape index (κ3) is 7.11. The van der Waals surface area contributed by atoms with Crippen molar-refractivity contribution in [3.8, 4) is 0 Å². The maximum atomic E-state index is 14.0. The van der Waals surface area contributed by atoms with Crippen molar-refractivity contribution in [1.82, 2.24) is 10.2 Å².